The molecule has 0 aromatic carbocycles. The third kappa shape index (κ3) is 4.59. The van der Waals surface area contributed by atoms with Gasteiger partial charge in [-0.25, -0.2) is 9.97 Å². The van der Waals surface area contributed by atoms with Crippen LogP contribution < -0.4 is 4.90 Å². The van der Waals surface area contributed by atoms with Gasteiger partial charge in [0.15, 0.2) is 5.16 Å². The zero-order valence-corrected chi connectivity index (χ0v) is 10.8. The molecule has 0 saturated heterocycles. The van der Waals surface area contributed by atoms with E-state index >= 15 is 0 Å². The summed E-state index contributed by atoms with van der Waals surface area (Å²) in [5, 5.41) is 0.494. The van der Waals surface area contributed by atoms with Gasteiger partial charge in [0.2, 0.25) is 0 Å². The second-order valence-corrected chi connectivity index (χ2v) is 4.33. The van der Waals surface area contributed by atoms with E-state index in [1.165, 1.54) is 17.8 Å². The highest BCUT2D eigenvalue weighted by atomic mass is 35.5. The fourth-order valence-corrected chi connectivity index (χ4v) is 1.81. The van der Waals surface area contributed by atoms with E-state index in [2.05, 4.69) is 9.97 Å². The van der Waals surface area contributed by atoms with Gasteiger partial charge in [-0.05, 0) is 13.2 Å². The van der Waals surface area contributed by atoms with Gasteiger partial charge in [-0.2, -0.15) is 13.2 Å². The van der Waals surface area contributed by atoms with E-state index in [0.717, 1.165) is 4.90 Å². The van der Waals surface area contributed by atoms with Crippen molar-refractivity contribution in [2.45, 2.75) is 18.3 Å². The van der Waals surface area contributed by atoms with Crippen LogP contribution >= 0.6 is 23.4 Å². The van der Waals surface area contributed by atoms with Crippen molar-refractivity contribution in [2.24, 2.45) is 0 Å². The molecule has 0 spiro atoms. The first kappa shape index (κ1) is 14.4. The summed E-state index contributed by atoms with van der Waals surface area (Å²) in [6.45, 7) is 0.770. The van der Waals surface area contributed by atoms with Crippen molar-refractivity contribution < 1.29 is 13.2 Å². The van der Waals surface area contributed by atoms with Crippen molar-refractivity contribution in [3.8, 4) is 0 Å². The van der Waals surface area contributed by atoms with Crippen LogP contribution in [0.3, 0.4) is 0 Å². The Morgan fingerprint density at radius 1 is 1.41 bits per heavy atom. The van der Waals surface area contributed by atoms with Crippen LogP contribution in [0.4, 0.5) is 19.0 Å². The highest BCUT2D eigenvalue weighted by Gasteiger charge is 2.31. The predicted octanol–water partition coefficient (Wildman–Crippen LogP) is 3.24. The van der Waals surface area contributed by atoms with Crippen LogP contribution in [-0.4, -0.2) is 35.5 Å². The molecule has 8 heteroatoms. The summed E-state index contributed by atoms with van der Waals surface area (Å²) in [5.41, 5.74) is 0. The summed E-state index contributed by atoms with van der Waals surface area (Å²) in [6, 6.07) is 1.33. The fourth-order valence-electron chi connectivity index (χ4n) is 1.21. The molecule has 0 bridgehead atoms. The standard InChI is InChI=1S/C9H11ClF3N3S/c1-3-16(5-9(11,12)13)7-4-6(10)14-8(15-7)17-2/h4H,3,5H2,1-2H3. The molecule has 0 fully saturated rings. The van der Waals surface area contributed by atoms with Crippen molar-refractivity contribution in [2.75, 3.05) is 24.2 Å². The Hall–Kier alpha value is -0.690. The van der Waals surface area contributed by atoms with Crippen LogP contribution in [0, 0.1) is 0 Å². The van der Waals surface area contributed by atoms with Crippen molar-refractivity contribution >= 4 is 29.2 Å². The zero-order valence-electron chi connectivity index (χ0n) is 9.25. The van der Waals surface area contributed by atoms with Crippen molar-refractivity contribution in [1.82, 2.24) is 9.97 Å². The van der Waals surface area contributed by atoms with Crippen LogP contribution in [0.2, 0.25) is 5.15 Å². The largest absolute Gasteiger partial charge is 0.405 e. The van der Waals surface area contributed by atoms with Crippen molar-refractivity contribution in [3.63, 3.8) is 0 Å². The maximum absolute atomic E-state index is 12.3. The minimum Gasteiger partial charge on any atom is -0.348 e. The first-order valence-electron chi connectivity index (χ1n) is 4.76. The molecule has 0 aliphatic rings. The van der Waals surface area contributed by atoms with Gasteiger partial charge in [0.25, 0.3) is 0 Å². The summed E-state index contributed by atoms with van der Waals surface area (Å²) < 4.78 is 37.0. The number of thioether (sulfide) groups is 1. The fraction of sp³-hybridized carbons (Fsp3) is 0.556. The molecule has 96 valence electrons. The van der Waals surface area contributed by atoms with Gasteiger partial charge in [0, 0.05) is 12.6 Å². The normalized spacial score (nSPS) is 11.6. The van der Waals surface area contributed by atoms with Crippen molar-refractivity contribution in [1.29, 1.82) is 0 Å². The molecule has 0 saturated carbocycles. The number of alkyl halides is 3. The van der Waals surface area contributed by atoms with E-state index in [9.17, 15) is 13.2 Å². The summed E-state index contributed by atoms with van der Waals surface area (Å²) in [5.74, 6) is 0.189. The number of halogens is 4. The molecule has 1 rings (SSSR count). The molecule has 0 amide bonds. The van der Waals surface area contributed by atoms with Crippen LogP contribution in [-0.2, 0) is 0 Å². The van der Waals surface area contributed by atoms with Gasteiger partial charge in [-0.15, -0.1) is 0 Å². The lowest BCUT2D eigenvalue weighted by Gasteiger charge is -2.23. The van der Waals surface area contributed by atoms with Crippen LogP contribution in [0.25, 0.3) is 0 Å². The number of anilines is 1. The van der Waals surface area contributed by atoms with Crippen LogP contribution in [0.5, 0.6) is 0 Å². The third-order valence-corrected chi connectivity index (χ3v) is 2.66. The molecular formula is C9H11ClF3N3S. The molecule has 3 nitrogen and oxygen atoms in total. The Bertz CT molecular complexity index is 386. The molecule has 17 heavy (non-hydrogen) atoms. The Balaban J connectivity index is 2.99. The average molecular weight is 286 g/mol. The lowest BCUT2D eigenvalue weighted by Crippen LogP contribution is -2.34. The summed E-state index contributed by atoms with van der Waals surface area (Å²) in [7, 11) is 0. The quantitative estimate of drug-likeness (QED) is 0.482. The Morgan fingerprint density at radius 2 is 2.06 bits per heavy atom. The number of rotatable bonds is 4. The number of aromatic nitrogens is 2. The lowest BCUT2D eigenvalue weighted by atomic mass is 10.4. The van der Waals surface area contributed by atoms with Gasteiger partial charge < -0.3 is 4.90 Å². The highest BCUT2D eigenvalue weighted by Crippen LogP contribution is 2.24. The van der Waals surface area contributed by atoms with Gasteiger partial charge in [-0.1, -0.05) is 23.4 Å². The number of hydrogen-bond acceptors (Lipinski definition) is 4. The van der Waals surface area contributed by atoms with Crippen LogP contribution in [0.15, 0.2) is 11.2 Å². The number of nitrogens with zero attached hydrogens (tertiary/aromatic N) is 3. The minimum absolute atomic E-state index is 0.139. The zero-order chi connectivity index (χ0) is 13.1. The van der Waals surface area contributed by atoms with Gasteiger partial charge in [-0.3, -0.25) is 0 Å². The van der Waals surface area contributed by atoms with Gasteiger partial charge in [0.1, 0.15) is 17.5 Å². The number of hydrogen-bond donors (Lipinski definition) is 0. The second-order valence-electron chi connectivity index (χ2n) is 3.16. The summed E-state index contributed by atoms with van der Waals surface area (Å²) >= 11 is 6.96. The first-order chi connectivity index (χ1) is 7.85. The maximum Gasteiger partial charge on any atom is 0.405 e. The molecule has 0 radical (unpaired) electrons. The highest BCUT2D eigenvalue weighted by molar-refractivity contribution is 7.98. The molecule has 0 N–H and O–H groups in total. The van der Waals surface area contributed by atoms with Crippen LogP contribution in [0.1, 0.15) is 6.92 Å². The maximum atomic E-state index is 12.3. The SMILES string of the molecule is CCN(CC(F)(F)F)c1cc(Cl)nc(SC)n1. The molecule has 1 aromatic heterocycles. The summed E-state index contributed by atoms with van der Waals surface area (Å²) in [6.07, 6.45) is -2.54. The van der Waals surface area contributed by atoms with E-state index in [4.69, 9.17) is 11.6 Å². The minimum atomic E-state index is -4.27. The van der Waals surface area contributed by atoms with E-state index in [0.29, 0.717) is 5.16 Å². The first-order valence-corrected chi connectivity index (χ1v) is 6.36. The molecule has 1 aromatic rings. The smallest absolute Gasteiger partial charge is 0.348 e. The van der Waals surface area contributed by atoms with Crippen molar-refractivity contribution in [3.05, 3.63) is 11.2 Å². The molecule has 1 heterocycles. The monoisotopic (exact) mass is 285 g/mol. The molecule has 0 atom stereocenters. The Labute approximate surface area is 106 Å². The molecule has 0 unspecified atom stereocenters. The van der Waals surface area contributed by atoms with E-state index in [1.807, 2.05) is 0 Å². The van der Waals surface area contributed by atoms with E-state index < -0.39 is 12.7 Å². The predicted molar refractivity (Wildman–Crippen MR) is 62.8 cm³/mol. The van der Waals surface area contributed by atoms with Gasteiger partial charge in [0.05, 0.1) is 0 Å². The van der Waals surface area contributed by atoms with E-state index in [1.54, 1.807) is 13.2 Å². The Morgan fingerprint density at radius 3 is 2.53 bits per heavy atom. The molecular weight excluding hydrogens is 275 g/mol. The summed E-state index contributed by atoms with van der Waals surface area (Å²) in [4.78, 5) is 8.98. The lowest BCUT2D eigenvalue weighted by molar-refractivity contribution is -0.119. The molecule has 0 aliphatic carbocycles. The Kier molecular flexibility index (Phi) is 4.88. The third-order valence-electron chi connectivity index (χ3n) is 1.92. The average Bonchev–Trinajstić information content (AvgIpc) is 2.23. The topological polar surface area (TPSA) is 29.0 Å². The van der Waals surface area contributed by atoms with Gasteiger partial charge >= 0.3 is 6.18 Å². The van der Waals surface area contributed by atoms with E-state index in [-0.39, 0.29) is 17.5 Å². The second kappa shape index (κ2) is 5.77. The molecule has 0 aliphatic heterocycles.